The lowest BCUT2D eigenvalue weighted by molar-refractivity contribution is 0.225. The molecule has 1 rings (SSSR count). The van der Waals surface area contributed by atoms with Gasteiger partial charge in [-0.1, -0.05) is 46.4 Å². The van der Waals surface area contributed by atoms with Gasteiger partial charge in [0.25, 0.3) is 0 Å². The quantitative estimate of drug-likeness (QED) is 0.474. The maximum Gasteiger partial charge on any atom is 0.0927 e. The van der Waals surface area contributed by atoms with E-state index in [4.69, 9.17) is 5.41 Å². The van der Waals surface area contributed by atoms with Crippen LogP contribution in [0, 0.1) is 5.41 Å². The molecule has 0 aromatic rings. The van der Waals surface area contributed by atoms with E-state index < -0.39 is 0 Å². The van der Waals surface area contributed by atoms with Crippen LogP contribution < -0.4 is 0 Å². The Morgan fingerprint density at radius 1 is 1.00 bits per heavy atom. The Kier molecular flexibility index (Phi) is 14.5. The normalized spacial score (nSPS) is 15.0. The van der Waals surface area contributed by atoms with Crippen molar-refractivity contribution in [3.8, 4) is 0 Å². The van der Waals surface area contributed by atoms with Crippen molar-refractivity contribution in [3.63, 3.8) is 0 Å². The third kappa shape index (κ3) is 7.82. The Morgan fingerprint density at radius 3 is 1.80 bits per heavy atom. The first-order chi connectivity index (χ1) is 9.69. The highest BCUT2D eigenvalue weighted by Gasteiger charge is 2.17. The molecule has 0 spiro atoms. The van der Waals surface area contributed by atoms with E-state index in [1.807, 2.05) is 59.8 Å². The lowest BCUT2D eigenvalue weighted by Gasteiger charge is -2.37. The first kappa shape index (κ1) is 20.8. The van der Waals surface area contributed by atoms with Gasteiger partial charge in [-0.15, -0.1) is 0 Å². The predicted octanol–water partition coefficient (Wildman–Crippen LogP) is 4.30. The summed E-state index contributed by atoms with van der Waals surface area (Å²) < 4.78 is 0. The van der Waals surface area contributed by atoms with E-state index >= 15 is 0 Å². The van der Waals surface area contributed by atoms with Crippen molar-refractivity contribution in [1.29, 1.82) is 5.41 Å². The molecule has 1 saturated heterocycles. The molecule has 0 saturated carbocycles. The number of nitrogens with zero attached hydrogens (tertiary/aromatic N) is 2. The SMILES string of the molecule is C=C/C(=C\C=C/C)N1CCN(C(C)=N)CC1.CC.CC. The number of allylic oxidation sites excluding steroid dienone is 4. The van der Waals surface area contributed by atoms with E-state index in [1.165, 1.54) is 5.70 Å². The molecule has 0 radical (unpaired) electrons. The number of rotatable bonds is 3. The molecule has 0 atom stereocenters. The third-order valence-corrected chi connectivity index (χ3v) is 2.79. The number of amidine groups is 1. The fourth-order valence-corrected chi connectivity index (χ4v) is 1.80. The third-order valence-electron chi connectivity index (χ3n) is 2.79. The molecule has 116 valence electrons. The van der Waals surface area contributed by atoms with Crippen molar-refractivity contribution in [2.75, 3.05) is 26.2 Å². The molecule has 0 unspecified atom stereocenters. The lowest BCUT2D eigenvalue weighted by atomic mass is 10.2. The fourth-order valence-electron chi connectivity index (χ4n) is 1.80. The molecule has 3 heteroatoms. The van der Waals surface area contributed by atoms with Crippen LogP contribution in [0.25, 0.3) is 0 Å². The topological polar surface area (TPSA) is 30.3 Å². The largest absolute Gasteiger partial charge is 0.368 e. The van der Waals surface area contributed by atoms with Crippen LogP contribution in [-0.2, 0) is 0 Å². The number of piperazine rings is 1. The van der Waals surface area contributed by atoms with Gasteiger partial charge in [-0.05, 0) is 26.0 Å². The zero-order valence-corrected chi connectivity index (χ0v) is 14.2. The van der Waals surface area contributed by atoms with Gasteiger partial charge in [0.05, 0.1) is 5.84 Å². The zero-order chi connectivity index (χ0) is 16.0. The van der Waals surface area contributed by atoms with Crippen LogP contribution in [0.3, 0.4) is 0 Å². The molecule has 3 nitrogen and oxygen atoms in total. The van der Waals surface area contributed by atoms with Gasteiger partial charge in [0.1, 0.15) is 0 Å². The standard InChI is InChI=1S/C13H21N3.2C2H6/c1-4-6-7-13(5-2)16-10-8-15(9-11-16)12(3)14;2*1-2/h4-7,14H,2,8-11H2,1,3H3;2*1-2H3/b6-4-,13-7+,14-12?;;. The van der Waals surface area contributed by atoms with Gasteiger partial charge in [-0.3, -0.25) is 5.41 Å². The molecule has 1 fully saturated rings. The molecule has 0 amide bonds. The smallest absolute Gasteiger partial charge is 0.0927 e. The van der Waals surface area contributed by atoms with Gasteiger partial charge in [0, 0.05) is 31.9 Å². The maximum atomic E-state index is 7.58. The van der Waals surface area contributed by atoms with E-state index in [2.05, 4.69) is 22.5 Å². The van der Waals surface area contributed by atoms with Gasteiger partial charge >= 0.3 is 0 Å². The summed E-state index contributed by atoms with van der Waals surface area (Å²) in [6.45, 7) is 19.5. The monoisotopic (exact) mass is 279 g/mol. The Balaban J connectivity index is 0. The van der Waals surface area contributed by atoms with E-state index in [0.717, 1.165) is 26.2 Å². The molecular weight excluding hydrogens is 246 g/mol. The number of nitrogens with one attached hydrogen (secondary N) is 1. The van der Waals surface area contributed by atoms with Crippen molar-refractivity contribution in [2.45, 2.75) is 41.5 Å². The summed E-state index contributed by atoms with van der Waals surface area (Å²) in [4.78, 5) is 4.42. The zero-order valence-electron chi connectivity index (χ0n) is 14.2. The highest BCUT2D eigenvalue weighted by atomic mass is 15.3. The summed E-state index contributed by atoms with van der Waals surface area (Å²) in [5.74, 6) is 0.664. The second-order valence-electron chi connectivity index (χ2n) is 3.88. The van der Waals surface area contributed by atoms with Gasteiger partial charge in [0.2, 0.25) is 0 Å². The van der Waals surface area contributed by atoms with Gasteiger partial charge < -0.3 is 9.80 Å². The van der Waals surface area contributed by atoms with Crippen LogP contribution in [0.1, 0.15) is 41.5 Å². The minimum Gasteiger partial charge on any atom is -0.368 e. The molecular formula is C17H33N3. The summed E-state index contributed by atoms with van der Waals surface area (Å²) in [5.41, 5.74) is 1.17. The van der Waals surface area contributed by atoms with E-state index in [1.54, 1.807) is 0 Å². The average molecular weight is 279 g/mol. The number of hydrogen-bond donors (Lipinski definition) is 1. The Morgan fingerprint density at radius 2 is 1.45 bits per heavy atom. The van der Waals surface area contributed by atoms with Crippen LogP contribution in [0.15, 0.2) is 36.6 Å². The molecule has 0 aliphatic carbocycles. The Bertz CT molecular complexity index is 308. The minimum absolute atomic E-state index is 0.664. The fraction of sp³-hybridized carbons (Fsp3) is 0.588. The minimum atomic E-state index is 0.664. The van der Waals surface area contributed by atoms with E-state index in [-0.39, 0.29) is 0 Å². The van der Waals surface area contributed by atoms with E-state index in [0.29, 0.717) is 5.84 Å². The van der Waals surface area contributed by atoms with Crippen molar-refractivity contribution in [3.05, 3.63) is 36.6 Å². The van der Waals surface area contributed by atoms with Crippen LogP contribution in [0.4, 0.5) is 0 Å². The molecule has 1 aliphatic rings. The summed E-state index contributed by atoms with van der Waals surface area (Å²) in [5, 5.41) is 7.58. The first-order valence-electron chi connectivity index (χ1n) is 7.69. The van der Waals surface area contributed by atoms with Crippen LogP contribution in [0.5, 0.6) is 0 Å². The van der Waals surface area contributed by atoms with Gasteiger partial charge in [0.15, 0.2) is 0 Å². The Hall–Kier alpha value is -1.51. The molecule has 0 aromatic heterocycles. The van der Waals surface area contributed by atoms with Crippen molar-refractivity contribution in [1.82, 2.24) is 9.80 Å². The highest BCUT2D eigenvalue weighted by Crippen LogP contribution is 2.10. The lowest BCUT2D eigenvalue weighted by Crippen LogP contribution is -2.47. The molecule has 0 aromatic carbocycles. The highest BCUT2D eigenvalue weighted by molar-refractivity contribution is 5.76. The number of hydrogen-bond acceptors (Lipinski definition) is 2. The average Bonchev–Trinajstić information content (AvgIpc) is 2.52. The van der Waals surface area contributed by atoms with Crippen LogP contribution >= 0.6 is 0 Å². The van der Waals surface area contributed by atoms with Gasteiger partial charge in [-0.2, -0.15) is 0 Å². The molecule has 20 heavy (non-hydrogen) atoms. The van der Waals surface area contributed by atoms with Crippen molar-refractivity contribution >= 4 is 5.84 Å². The van der Waals surface area contributed by atoms with Crippen LogP contribution in [-0.4, -0.2) is 41.8 Å². The first-order valence-corrected chi connectivity index (χ1v) is 7.69. The van der Waals surface area contributed by atoms with Crippen molar-refractivity contribution in [2.24, 2.45) is 0 Å². The Labute approximate surface area is 126 Å². The molecule has 1 heterocycles. The summed E-state index contributed by atoms with van der Waals surface area (Å²) in [6.07, 6.45) is 8.03. The molecule has 1 N–H and O–H groups in total. The second kappa shape index (κ2) is 13.9. The molecule has 1 aliphatic heterocycles. The summed E-state index contributed by atoms with van der Waals surface area (Å²) in [7, 11) is 0. The summed E-state index contributed by atoms with van der Waals surface area (Å²) in [6, 6.07) is 0. The predicted molar refractivity (Wildman–Crippen MR) is 92.3 cm³/mol. The van der Waals surface area contributed by atoms with Crippen molar-refractivity contribution < 1.29 is 0 Å². The van der Waals surface area contributed by atoms with Crippen LogP contribution in [0.2, 0.25) is 0 Å². The summed E-state index contributed by atoms with van der Waals surface area (Å²) >= 11 is 0. The second-order valence-corrected chi connectivity index (χ2v) is 3.88. The molecule has 0 bridgehead atoms. The maximum absolute atomic E-state index is 7.58. The van der Waals surface area contributed by atoms with E-state index in [9.17, 15) is 0 Å². The van der Waals surface area contributed by atoms with Gasteiger partial charge in [-0.25, -0.2) is 0 Å².